The van der Waals surface area contributed by atoms with Crippen LogP contribution in [0.15, 0.2) is 109 Å². The van der Waals surface area contributed by atoms with Gasteiger partial charge in [0.25, 0.3) is 0 Å². The van der Waals surface area contributed by atoms with Gasteiger partial charge in [0.2, 0.25) is 0 Å². The number of rotatable bonds is 4. The molecule has 0 aliphatic carbocycles. The molecule has 0 bridgehead atoms. The highest BCUT2D eigenvalue weighted by atomic mass is 15.1. The molecule has 0 spiro atoms. The Labute approximate surface area is 168 Å². The Morgan fingerprint density at radius 1 is 0.750 bits per heavy atom. The third-order valence-electron chi connectivity index (χ3n) is 5.16. The van der Waals surface area contributed by atoms with Gasteiger partial charge in [-0.15, -0.1) is 0 Å². The molecule has 0 radical (unpaired) electrons. The van der Waals surface area contributed by atoms with Crippen LogP contribution < -0.4 is 0 Å². The highest BCUT2D eigenvalue weighted by Gasteiger charge is 2.22. The number of benzene rings is 3. The minimum atomic E-state index is 0.204. The van der Waals surface area contributed by atoms with Crippen molar-refractivity contribution in [3.63, 3.8) is 0 Å². The minimum Gasteiger partial charge on any atom is -0.369 e. The standard InChI is InChI=1S/C27H25N/c1-21-13-15-22(16-14-21)17-18-25-19-26(23-9-5-3-6-10-23)20-28(2)27(25)24-11-7-4-8-12-24/h3-20,27H,1-2H3/b18-17+. The lowest BCUT2D eigenvalue weighted by atomic mass is 9.90. The van der Waals surface area contributed by atoms with E-state index in [1.807, 2.05) is 0 Å². The maximum absolute atomic E-state index is 2.32. The van der Waals surface area contributed by atoms with Crippen molar-refractivity contribution in [3.05, 3.63) is 131 Å². The first kappa shape index (κ1) is 18.1. The molecule has 28 heavy (non-hydrogen) atoms. The van der Waals surface area contributed by atoms with Crippen LogP contribution in [0.4, 0.5) is 0 Å². The molecule has 1 aliphatic rings. The van der Waals surface area contributed by atoms with Gasteiger partial charge in [-0.05, 0) is 40.8 Å². The van der Waals surface area contributed by atoms with Crippen molar-refractivity contribution < 1.29 is 0 Å². The van der Waals surface area contributed by atoms with E-state index >= 15 is 0 Å². The van der Waals surface area contributed by atoms with Gasteiger partial charge >= 0.3 is 0 Å². The van der Waals surface area contributed by atoms with Crippen LogP contribution in [0.1, 0.15) is 28.3 Å². The summed E-state index contributed by atoms with van der Waals surface area (Å²) in [5.41, 5.74) is 7.56. The van der Waals surface area contributed by atoms with Crippen LogP contribution in [0.25, 0.3) is 11.6 Å². The Hall–Kier alpha value is -3.32. The van der Waals surface area contributed by atoms with E-state index in [0.29, 0.717) is 0 Å². The van der Waals surface area contributed by atoms with Crippen LogP contribution >= 0.6 is 0 Å². The zero-order valence-electron chi connectivity index (χ0n) is 16.4. The number of nitrogens with zero attached hydrogens (tertiary/aromatic N) is 1. The first-order valence-electron chi connectivity index (χ1n) is 9.71. The van der Waals surface area contributed by atoms with Gasteiger partial charge in [0, 0.05) is 13.2 Å². The van der Waals surface area contributed by atoms with Crippen molar-refractivity contribution in [2.24, 2.45) is 0 Å². The van der Waals surface area contributed by atoms with E-state index < -0.39 is 0 Å². The van der Waals surface area contributed by atoms with Gasteiger partial charge < -0.3 is 4.90 Å². The van der Waals surface area contributed by atoms with E-state index in [1.165, 1.54) is 33.4 Å². The van der Waals surface area contributed by atoms with Crippen LogP contribution in [0.2, 0.25) is 0 Å². The monoisotopic (exact) mass is 363 g/mol. The molecule has 1 heteroatoms. The van der Waals surface area contributed by atoms with Gasteiger partial charge in [-0.1, -0.05) is 103 Å². The predicted octanol–water partition coefficient (Wildman–Crippen LogP) is 6.66. The molecule has 138 valence electrons. The summed E-state index contributed by atoms with van der Waals surface area (Å²) in [6.07, 6.45) is 9.03. The van der Waals surface area contributed by atoms with Gasteiger partial charge in [-0.3, -0.25) is 0 Å². The van der Waals surface area contributed by atoms with E-state index in [9.17, 15) is 0 Å². The predicted molar refractivity (Wildman–Crippen MR) is 120 cm³/mol. The molecule has 0 N–H and O–H groups in total. The topological polar surface area (TPSA) is 3.24 Å². The summed E-state index contributed by atoms with van der Waals surface area (Å²) in [5.74, 6) is 0. The Morgan fingerprint density at radius 3 is 2.07 bits per heavy atom. The molecule has 1 unspecified atom stereocenters. The van der Waals surface area contributed by atoms with E-state index in [-0.39, 0.29) is 6.04 Å². The molecule has 1 heterocycles. The number of hydrogen-bond donors (Lipinski definition) is 0. The highest BCUT2D eigenvalue weighted by Crippen LogP contribution is 2.36. The van der Waals surface area contributed by atoms with Gasteiger partial charge in [0.1, 0.15) is 0 Å². The molecule has 1 atom stereocenters. The summed E-state index contributed by atoms with van der Waals surface area (Å²) in [4.78, 5) is 2.31. The van der Waals surface area contributed by atoms with Gasteiger partial charge in [0.05, 0.1) is 6.04 Å². The number of allylic oxidation sites excluding steroid dienone is 2. The fourth-order valence-electron chi connectivity index (χ4n) is 3.69. The molecular formula is C27H25N. The largest absolute Gasteiger partial charge is 0.369 e. The van der Waals surface area contributed by atoms with Crippen molar-refractivity contribution in [2.75, 3.05) is 7.05 Å². The first-order valence-corrected chi connectivity index (χ1v) is 9.71. The Balaban J connectivity index is 1.74. The summed E-state index contributed by atoms with van der Waals surface area (Å²) in [7, 11) is 2.16. The SMILES string of the molecule is Cc1ccc(/C=C/C2=CC(c3ccccc3)=CN(C)C2c2ccccc2)cc1. The Bertz CT molecular complexity index is 1010. The molecule has 3 aromatic rings. The Kier molecular flexibility index (Phi) is 5.25. The molecule has 0 aromatic heterocycles. The lowest BCUT2D eigenvalue weighted by Crippen LogP contribution is -2.23. The smallest absolute Gasteiger partial charge is 0.0787 e. The average Bonchev–Trinajstić information content (AvgIpc) is 2.74. The molecule has 1 nitrogen and oxygen atoms in total. The molecule has 3 aromatic carbocycles. The Morgan fingerprint density at radius 2 is 1.39 bits per heavy atom. The summed E-state index contributed by atoms with van der Waals surface area (Å²) < 4.78 is 0. The molecule has 0 saturated carbocycles. The van der Waals surface area contributed by atoms with Gasteiger partial charge in [0.15, 0.2) is 0 Å². The summed E-state index contributed by atoms with van der Waals surface area (Å²) in [6.45, 7) is 2.12. The van der Waals surface area contributed by atoms with Crippen LogP contribution in [0.5, 0.6) is 0 Å². The zero-order chi connectivity index (χ0) is 19.3. The molecule has 0 fully saturated rings. The second-order valence-corrected chi connectivity index (χ2v) is 7.32. The van der Waals surface area contributed by atoms with E-state index in [0.717, 1.165) is 0 Å². The van der Waals surface area contributed by atoms with Crippen LogP contribution in [0.3, 0.4) is 0 Å². The third kappa shape index (κ3) is 3.99. The van der Waals surface area contributed by atoms with Crippen molar-refractivity contribution in [1.29, 1.82) is 0 Å². The van der Waals surface area contributed by atoms with Crippen LogP contribution in [-0.2, 0) is 0 Å². The van der Waals surface area contributed by atoms with Crippen LogP contribution in [-0.4, -0.2) is 11.9 Å². The fraction of sp³-hybridized carbons (Fsp3) is 0.111. The molecule has 4 rings (SSSR count). The molecule has 0 saturated heterocycles. The molecular weight excluding hydrogens is 338 g/mol. The second-order valence-electron chi connectivity index (χ2n) is 7.32. The van der Waals surface area contributed by atoms with Crippen molar-refractivity contribution in [3.8, 4) is 0 Å². The minimum absolute atomic E-state index is 0.204. The molecule has 0 amide bonds. The van der Waals surface area contributed by atoms with Gasteiger partial charge in [-0.2, -0.15) is 0 Å². The maximum atomic E-state index is 2.32. The molecule has 1 aliphatic heterocycles. The van der Waals surface area contributed by atoms with Gasteiger partial charge in [-0.25, -0.2) is 0 Å². The second kappa shape index (κ2) is 8.14. The lowest BCUT2D eigenvalue weighted by molar-refractivity contribution is 0.381. The summed E-state index contributed by atoms with van der Waals surface area (Å²) >= 11 is 0. The number of aryl methyl sites for hydroxylation is 1. The quantitative estimate of drug-likeness (QED) is 0.501. The maximum Gasteiger partial charge on any atom is 0.0787 e. The number of hydrogen-bond acceptors (Lipinski definition) is 1. The first-order chi connectivity index (χ1) is 13.7. The zero-order valence-corrected chi connectivity index (χ0v) is 16.4. The van der Waals surface area contributed by atoms with Crippen molar-refractivity contribution in [2.45, 2.75) is 13.0 Å². The van der Waals surface area contributed by atoms with Crippen molar-refractivity contribution in [1.82, 2.24) is 4.90 Å². The van der Waals surface area contributed by atoms with E-state index in [2.05, 4.69) is 128 Å². The van der Waals surface area contributed by atoms with E-state index in [4.69, 9.17) is 0 Å². The van der Waals surface area contributed by atoms with Crippen molar-refractivity contribution >= 4 is 11.6 Å². The number of likely N-dealkylation sites (N-methyl/N-ethyl adjacent to an activating group) is 1. The third-order valence-corrected chi connectivity index (χ3v) is 5.16. The fourth-order valence-corrected chi connectivity index (χ4v) is 3.69. The highest BCUT2D eigenvalue weighted by molar-refractivity contribution is 5.77. The lowest BCUT2D eigenvalue weighted by Gasteiger charge is -2.33. The summed E-state index contributed by atoms with van der Waals surface area (Å²) in [5, 5.41) is 0. The average molecular weight is 364 g/mol. The van der Waals surface area contributed by atoms with E-state index in [1.54, 1.807) is 0 Å². The normalized spacial score (nSPS) is 16.8. The summed E-state index contributed by atoms with van der Waals surface area (Å²) in [6, 6.07) is 30.1. The van der Waals surface area contributed by atoms with Crippen LogP contribution in [0, 0.1) is 6.92 Å².